The van der Waals surface area contributed by atoms with Gasteiger partial charge in [0.1, 0.15) is 34.6 Å². The van der Waals surface area contributed by atoms with Gasteiger partial charge in [0, 0.05) is 89.2 Å². The van der Waals surface area contributed by atoms with Crippen LogP contribution >= 0.6 is 0 Å². The lowest BCUT2D eigenvalue weighted by atomic mass is 9.86. The zero-order chi connectivity index (χ0) is 48.8. The number of benzene rings is 3. The third-order valence-corrected chi connectivity index (χ3v) is 16.2. The third-order valence-electron chi connectivity index (χ3n) is 16.2. The Balaban J connectivity index is 0.613. The second-order valence-corrected chi connectivity index (χ2v) is 20.4. The Labute approximate surface area is 413 Å². The van der Waals surface area contributed by atoms with Gasteiger partial charge in [0.2, 0.25) is 11.8 Å². The summed E-state index contributed by atoms with van der Waals surface area (Å²) in [6.45, 7) is 10.2. The lowest BCUT2D eigenvalue weighted by molar-refractivity contribution is -0.136. The number of nitrogens with zero attached hydrogens (tertiary/aromatic N) is 8. The summed E-state index contributed by atoms with van der Waals surface area (Å²) >= 11 is 0. The van der Waals surface area contributed by atoms with Gasteiger partial charge in [-0.2, -0.15) is 5.10 Å². The first-order valence-corrected chi connectivity index (χ1v) is 25.7. The summed E-state index contributed by atoms with van der Waals surface area (Å²) in [4.78, 5) is 90.0. The molecule has 1 aromatic heterocycles. The molecule has 18 heteroatoms. The molecule has 372 valence electrons. The molecule has 5 fully saturated rings. The molecule has 0 radical (unpaired) electrons. The van der Waals surface area contributed by atoms with E-state index in [4.69, 9.17) is 15.6 Å². The van der Waals surface area contributed by atoms with Crippen LogP contribution in [0.5, 0.6) is 11.5 Å². The Kier molecular flexibility index (Phi) is 13.0. The van der Waals surface area contributed by atoms with Crippen molar-refractivity contribution in [1.29, 1.82) is 0 Å². The van der Waals surface area contributed by atoms with Gasteiger partial charge in [-0.15, -0.1) is 0 Å². The molecule has 0 bridgehead atoms. The fourth-order valence-corrected chi connectivity index (χ4v) is 12.3. The van der Waals surface area contributed by atoms with Crippen molar-refractivity contribution in [3.63, 3.8) is 0 Å². The molecular formula is C53H63N11O7. The number of para-hydroxylation sites is 1. The first kappa shape index (κ1) is 46.6. The number of aromatic nitrogens is 2. The van der Waals surface area contributed by atoms with E-state index in [0.717, 1.165) is 151 Å². The van der Waals surface area contributed by atoms with E-state index >= 15 is 0 Å². The first-order chi connectivity index (χ1) is 34.6. The van der Waals surface area contributed by atoms with Crippen LogP contribution in [0.4, 0.5) is 16.3 Å². The molecule has 2 atom stereocenters. The van der Waals surface area contributed by atoms with Crippen LogP contribution in [0.2, 0.25) is 0 Å². The van der Waals surface area contributed by atoms with E-state index < -0.39 is 35.6 Å². The highest BCUT2D eigenvalue weighted by Crippen LogP contribution is 2.41. The standard InChI is InChI=1S/C53H63N11O7/c54-48(66)46-47(36-6-9-40(10-7-36)71-39-4-2-1-3-5-39)57-64-43(14-21-55-49(46)64)35-17-22-58(23-18-35)33-34-15-24-61(25-16-34)53(70)62-26-19-37(20-27-62)59-28-30-60(31-29-59)38-8-11-41-42(32-38)52(69)63(51(41)68)44-12-13-45(65)56-50(44)67/h1-11,32,34-35,37,43-44,55H,12-31,33H2,(H2,54,66)(H,56,65,67). The van der Waals surface area contributed by atoms with Gasteiger partial charge in [-0.1, -0.05) is 18.2 Å². The van der Waals surface area contributed by atoms with Gasteiger partial charge in [-0.05, 0) is 131 Å². The number of anilines is 2. The number of likely N-dealkylation sites (tertiary alicyclic amines) is 3. The molecule has 5 saturated heterocycles. The average Bonchev–Trinajstić information content (AvgIpc) is 3.91. The lowest BCUT2D eigenvalue weighted by Gasteiger charge is -2.44. The molecule has 7 aliphatic heterocycles. The Morgan fingerprint density at radius 1 is 0.704 bits per heavy atom. The number of nitrogens with two attached hydrogens (primary N) is 1. The van der Waals surface area contributed by atoms with E-state index in [2.05, 4.69) is 35.1 Å². The maximum Gasteiger partial charge on any atom is 0.319 e. The second kappa shape index (κ2) is 19.8. The summed E-state index contributed by atoms with van der Waals surface area (Å²) in [6, 6.07) is 22.4. The van der Waals surface area contributed by atoms with Crippen LogP contribution in [-0.4, -0.2) is 160 Å². The Morgan fingerprint density at radius 2 is 1.38 bits per heavy atom. The van der Waals surface area contributed by atoms with Gasteiger partial charge >= 0.3 is 6.03 Å². The molecular weight excluding hydrogens is 903 g/mol. The Bertz CT molecular complexity index is 2680. The van der Waals surface area contributed by atoms with Crippen LogP contribution in [-0.2, 0) is 9.59 Å². The number of primary amides is 1. The smallest absolute Gasteiger partial charge is 0.319 e. The largest absolute Gasteiger partial charge is 0.457 e. The fourth-order valence-electron chi connectivity index (χ4n) is 12.3. The number of carbonyl (C=O) groups is 6. The predicted octanol–water partition coefficient (Wildman–Crippen LogP) is 5.03. The van der Waals surface area contributed by atoms with Gasteiger partial charge in [-0.25, -0.2) is 9.48 Å². The van der Waals surface area contributed by atoms with Crippen molar-refractivity contribution in [2.75, 3.05) is 88.8 Å². The molecule has 0 spiro atoms. The van der Waals surface area contributed by atoms with Crippen molar-refractivity contribution in [1.82, 2.24) is 39.6 Å². The summed E-state index contributed by atoms with van der Waals surface area (Å²) in [6.07, 6.45) is 7.19. The lowest BCUT2D eigenvalue weighted by Crippen LogP contribution is -2.55. The Morgan fingerprint density at radius 3 is 2.07 bits per heavy atom. The van der Waals surface area contributed by atoms with Crippen molar-refractivity contribution in [3.05, 3.63) is 89.5 Å². The average molecular weight is 966 g/mol. The van der Waals surface area contributed by atoms with E-state index in [0.29, 0.717) is 40.4 Å². The number of rotatable bonds is 10. The predicted molar refractivity (Wildman–Crippen MR) is 265 cm³/mol. The number of fused-ring (bicyclic) bond motifs is 2. The SMILES string of the molecule is NC(=O)c1c(-c2ccc(Oc3ccccc3)cc2)nn2c1NCCC2C1CCN(CC2CCN(C(=O)N3CCC(N4CCN(c5ccc6c(c5)C(=O)N(C5CCC(=O)NC5=O)C6=O)CC4)CC3)CC2)CC1. The maximum atomic E-state index is 13.8. The van der Waals surface area contributed by atoms with E-state index in [1.54, 1.807) is 12.1 Å². The number of carbonyl (C=O) groups excluding carboxylic acids is 6. The molecule has 0 aliphatic carbocycles. The highest BCUT2D eigenvalue weighted by molar-refractivity contribution is 6.23. The van der Waals surface area contributed by atoms with Gasteiger partial charge < -0.3 is 35.4 Å². The van der Waals surface area contributed by atoms with Gasteiger partial charge in [-0.3, -0.25) is 39.1 Å². The molecule has 8 heterocycles. The molecule has 11 rings (SSSR count). The number of urea groups is 1. The van der Waals surface area contributed by atoms with Crippen LogP contribution in [0, 0.1) is 11.8 Å². The van der Waals surface area contributed by atoms with E-state index in [9.17, 15) is 28.8 Å². The molecule has 4 N–H and O–H groups in total. The quantitative estimate of drug-likeness (QED) is 0.180. The topological polar surface area (TPSA) is 199 Å². The van der Waals surface area contributed by atoms with Crippen molar-refractivity contribution < 1.29 is 33.5 Å². The number of piperazine rings is 1. The zero-order valence-electron chi connectivity index (χ0n) is 40.2. The number of hydrogen-bond acceptors (Lipinski definition) is 12. The Hall–Kier alpha value is -6.79. The minimum atomic E-state index is -0.982. The molecule has 71 heavy (non-hydrogen) atoms. The number of piperidine rings is 4. The normalized spacial score (nSPS) is 23.1. The van der Waals surface area contributed by atoms with Gasteiger partial charge in [0.15, 0.2) is 0 Å². The van der Waals surface area contributed by atoms with Crippen LogP contribution in [0.15, 0.2) is 72.8 Å². The van der Waals surface area contributed by atoms with Gasteiger partial charge in [0.25, 0.3) is 17.7 Å². The number of ether oxygens (including phenoxy) is 1. The van der Waals surface area contributed by atoms with Crippen LogP contribution in [0.3, 0.4) is 0 Å². The summed E-state index contributed by atoms with van der Waals surface area (Å²) in [7, 11) is 0. The first-order valence-electron chi connectivity index (χ1n) is 25.7. The van der Waals surface area contributed by atoms with Crippen LogP contribution in [0.25, 0.3) is 11.3 Å². The molecule has 2 unspecified atom stereocenters. The molecule has 18 nitrogen and oxygen atoms in total. The van der Waals surface area contributed by atoms with Gasteiger partial charge in [0.05, 0.1) is 17.2 Å². The highest BCUT2D eigenvalue weighted by Gasteiger charge is 2.45. The summed E-state index contributed by atoms with van der Waals surface area (Å²) in [5.74, 6) is 0.694. The fraction of sp³-hybridized carbons (Fsp3) is 0.491. The van der Waals surface area contributed by atoms with Crippen LogP contribution in [0.1, 0.15) is 94.9 Å². The minimum Gasteiger partial charge on any atom is -0.457 e. The van der Waals surface area contributed by atoms with Crippen LogP contribution < -0.4 is 26.0 Å². The van der Waals surface area contributed by atoms with E-state index in [-0.39, 0.29) is 30.5 Å². The summed E-state index contributed by atoms with van der Waals surface area (Å²) < 4.78 is 8.04. The summed E-state index contributed by atoms with van der Waals surface area (Å²) in [5.41, 5.74) is 9.32. The zero-order valence-corrected chi connectivity index (χ0v) is 40.2. The number of imide groups is 2. The van der Waals surface area contributed by atoms with Crippen molar-refractivity contribution in [3.8, 4) is 22.8 Å². The monoisotopic (exact) mass is 965 g/mol. The highest BCUT2D eigenvalue weighted by atomic mass is 16.5. The maximum absolute atomic E-state index is 13.8. The number of nitrogens with one attached hydrogen (secondary N) is 2. The second-order valence-electron chi connectivity index (χ2n) is 20.4. The minimum absolute atomic E-state index is 0.0864. The van der Waals surface area contributed by atoms with E-state index in [1.807, 2.05) is 65.3 Å². The number of amides is 7. The molecule has 3 aromatic carbocycles. The van der Waals surface area contributed by atoms with E-state index in [1.165, 1.54) is 0 Å². The van der Waals surface area contributed by atoms with Crippen molar-refractivity contribution >= 4 is 47.1 Å². The van der Waals surface area contributed by atoms with Crippen molar-refractivity contribution in [2.24, 2.45) is 17.6 Å². The number of hydrogen-bond donors (Lipinski definition) is 3. The third kappa shape index (κ3) is 9.34. The van der Waals surface area contributed by atoms with Crippen molar-refractivity contribution in [2.45, 2.75) is 75.9 Å². The molecule has 7 amide bonds. The summed E-state index contributed by atoms with van der Waals surface area (Å²) in [5, 5.41) is 10.8. The molecule has 0 saturated carbocycles. The molecule has 7 aliphatic rings. The molecule has 4 aromatic rings.